The molecule has 1 aromatic carbocycles. The van der Waals surface area contributed by atoms with Crippen molar-refractivity contribution in [2.45, 2.75) is 57.6 Å². The van der Waals surface area contributed by atoms with Crippen LogP contribution < -0.4 is 10.3 Å². The fourth-order valence-electron chi connectivity index (χ4n) is 4.25. The van der Waals surface area contributed by atoms with Gasteiger partial charge in [-0.1, -0.05) is 12.1 Å². The minimum absolute atomic E-state index is 0.0344. The Labute approximate surface area is 183 Å². The number of sulfonamides is 1. The first-order valence-electron chi connectivity index (χ1n) is 10.6. The summed E-state index contributed by atoms with van der Waals surface area (Å²) in [7, 11) is -3.40. The summed E-state index contributed by atoms with van der Waals surface area (Å²) in [5, 5.41) is 0. The van der Waals surface area contributed by atoms with E-state index in [1.165, 1.54) is 6.07 Å². The van der Waals surface area contributed by atoms with Crippen LogP contribution in [0.15, 0.2) is 41.3 Å². The number of rotatable bonds is 8. The standard InChI is InChI=1S/C23H31FN2O4S/c1-16-11-17(2)23(27)26(14-16)21(13-25-31(3,28)29)15-30-22-9-7-18(8-10-22)19-5-4-6-20(24)12-19/h4-6,11-12,14,18,21-22,25H,7-10,13,15H2,1-3H3/t18?,21-,22?/m0/s1. The normalized spacial score (nSPS) is 20.5. The van der Waals surface area contributed by atoms with Crippen LogP contribution in [0.4, 0.5) is 4.39 Å². The molecule has 1 N–H and O–H groups in total. The molecule has 31 heavy (non-hydrogen) atoms. The van der Waals surface area contributed by atoms with Crippen molar-refractivity contribution in [2.75, 3.05) is 19.4 Å². The number of hydrogen-bond acceptors (Lipinski definition) is 4. The molecule has 1 atom stereocenters. The summed E-state index contributed by atoms with van der Waals surface area (Å²) >= 11 is 0. The molecule has 1 aromatic heterocycles. The summed E-state index contributed by atoms with van der Waals surface area (Å²) in [6.45, 7) is 3.97. The van der Waals surface area contributed by atoms with Crippen molar-refractivity contribution in [1.29, 1.82) is 0 Å². The Kier molecular flexibility index (Phi) is 7.67. The van der Waals surface area contributed by atoms with Crippen LogP contribution in [0.25, 0.3) is 0 Å². The quantitative estimate of drug-likeness (QED) is 0.668. The van der Waals surface area contributed by atoms with E-state index in [2.05, 4.69) is 4.72 Å². The largest absolute Gasteiger partial charge is 0.376 e. The molecule has 1 saturated carbocycles. The predicted octanol–water partition coefficient (Wildman–Crippen LogP) is 3.44. The summed E-state index contributed by atoms with van der Waals surface area (Å²) < 4.78 is 47.0. The van der Waals surface area contributed by atoms with E-state index in [1.807, 2.05) is 19.1 Å². The summed E-state index contributed by atoms with van der Waals surface area (Å²) in [6, 6.07) is 8.14. The molecule has 1 aliphatic carbocycles. The number of nitrogens with one attached hydrogen (secondary N) is 1. The lowest BCUT2D eigenvalue weighted by Gasteiger charge is -2.30. The van der Waals surface area contributed by atoms with Gasteiger partial charge in [0.05, 0.1) is 25.0 Å². The van der Waals surface area contributed by atoms with Crippen LogP contribution in [0.5, 0.6) is 0 Å². The molecule has 0 aliphatic heterocycles. The molecule has 0 saturated heterocycles. The number of aryl methyl sites for hydroxylation is 2. The van der Waals surface area contributed by atoms with Crippen molar-refractivity contribution in [3.05, 3.63) is 69.4 Å². The molecule has 170 valence electrons. The molecule has 0 radical (unpaired) electrons. The molecule has 1 heterocycles. The molecule has 0 unspecified atom stereocenters. The van der Waals surface area contributed by atoms with Crippen molar-refractivity contribution in [3.8, 4) is 0 Å². The average Bonchev–Trinajstić information content (AvgIpc) is 2.71. The summed E-state index contributed by atoms with van der Waals surface area (Å²) in [6.07, 6.45) is 6.38. The molecule has 6 nitrogen and oxygen atoms in total. The lowest BCUT2D eigenvalue weighted by Crippen LogP contribution is -2.38. The first-order chi connectivity index (χ1) is 14.6. The van der Waals surface area contributed by atoms with E-state index in [-0.39, 0.29) is 30.6 Å². The first kappa shape index (κ1) is 23.6. The van der Waals surface area contributed by atoms with Crippen molar-refractivity contribution in [1.82, 2.24) is 9.29 Å². The number of pyridine rings is 1. The van der Waals surface area contributed by atoms with Gasteiger partial charge in [-0.15, -0.1) is 0 Å². The lowest BCUT2D eigenvalue weighted by atomic mass is 9.83. The van der Waals surface area contributed by atoms with Gasteiger partial charge in [0.15, 0.2) is 0 Å². The number of hydrogen-bond donors (Lipinski definition) is 1. The topological polar surface area (TPSA) is 77.4 Å². The van der Waals surface area contributed by atoms with Crippen molar-refractivity contribution < 1.29 is 17.5 Å². The fraction of sp³-hybridized carbons (Fsp3) is 0.522. The Hall–Kier alpha value is -2.03. The number of halogens is 1. The highest BCUT2D eigenvalue weighted by Crippen LogP contribution is 2.34. The van der Waals surface area contributed by atoms with Gasteiger partial charge in [0.25, 0.3) is 5.56 Å². The molecule has 0 amide bonds. The third kappa shape index (κ3) is 6.72. The van der Waals surface area contributed by atoms with Crippen LogP contribution in [0.1, 0.15) is 54.3 Å². The van der Waals surface area contributed by atoms with Gasteiger partial charge in [0.2, 0.25) is 10.0 Å². The second kappa shape index (κ2) is 10.1. The zero-order valence-corrected chi connectivity index (χ0v) is 19.1. The number of nitrogens with zero attached hydrogens (tertiary/aromatic N) is 1. The van der Waals surface area contributed by atoms with Gasteiger partial charge in [-0.3, -0.25) is 4.79 Å². The predicted molar refractivity (Wildman–Crippen MR) is 119 cm³/mol. The second-order valence-electron chi connectivity index (χ2n) is 8.55. The minimum atomic E-state index is -3.40. The van der Waals surface area contributed by atoms with E-state index in [1.54, 1.807) is 29.8 Å². The van der Waals surface area contributed by atoms with Crippen LogP contribution in [0.3, 0.4) is 0 Å². The van der Waals surface area contributed by atoms with Gasteiger partial charge >= 0.3 is 0 Å². The van der Waals surface area contributed by atoms with E-state index in [4.69, 9.17) is 4.74 Å². The van der Waals surface area contributed by atoms with Crippen LogP contribution in [0, 0.1) is 19.7 Å². The van der Waals surface area contributed by atoms with E-state index >= 15 is 0 Å². The highest BCUT2D eigenvalue weighted by Gasteiger charge is 2.25. The molecular formula is C23H31FN2O4S. The molecule has 1 aliphatic rings. The van der Waals surface area contributed by atoms with Crippen LogP contribution in [-0.4, -0.2) is 38.5 Å². The number of aromatic nitrogens is 1. The summed E-state index contributed by atoms with van der Waals surface area (Å²) in [4.78, 5) is 12.7. The Balaban J connectivity index is 1.65. The molecular weight excluding hydrogens is 419 g/mol. The van der Waals surface area contributed by atoms with Gasteiger partial charge in [-0.05, 0) is 74.8 Å². The Bertz CT molecular complexity index is 1060. The smallest absolute Gasteiger partial charge is 0.253 e. The maximum atomic E-state index is 13.5. The van der Waals surface area contributed by atoms with Crippen LogP contribution in [0.2, 0.25) is 0 Å². The van der Waals surface area contributed by atoms with Crippen molar-refractivity contribution in [3.63, 3.8) is 0 Å². The van der Waals surface area contributed by atoms with Gasteiger partial charge in [-0.2, -0.15) is 0 Å². The monoisotopic (exact) mass is 450 g/mol. The number of benzene rings is 1. The summed E-state index contributed by atoms with van der Waals surface area (Å²) in [5.41, 5.74) is 2.41. The second-order valence-corrected chi connectivity index (χ2v) is 10.4. The van der Waals surface area contributed by atoms with E-state index < -0.39 is 16.1 Å². The Morgan fingerprint density at radius 2 is 1.90 bits per heavy atom. The zero-order valence-electron chi connectivity index (χ0n) is 18.3. The summed E-state index contributed by atoms with van der Waals surface area (Å²) in [5.74, 6) is 0.108. The van der Waals surface area contributed by atoms with Crippen molar-refractivity contribution >= 4 is 10.0 Å². The highest BCUT2D eigenvalue weighted by atomic mass is 32.2. The molecule has 3 rings (SSSR count). The fourth-order valence-corrected chi connectivity index (χ4v) is 4.74. The highest BCUT2D eigenvalue weighted by molar-refractivity contribution is 7.88. The average molecular weight is 451 g/mol. The van der Waals surface area contributed by atoms with Gasteiger partial charge in [0.1, 0.15) is 5.82 Å². The van der Waals surface area contributed by atoms with Gasteiger partial charge < -0.3 is 9.30 Å². The lowest BCUT2D eigenvalue weighted by molar-refractivity contribution is 0.00731. The molecule has 0 spiro atoms. The Morgan fingerprint density at radius 1 is 1.19 bits per heavy atom. The zero-order chi connectivity index (χ0) is 22.6. The van der Waals surface area contributed by atoms with Crippen LogP contribution in [-0.2, 0) is 14.8 Å². The van der Waals surface area contributed by atoms with E-state index in [0.717, 1.165) is 43.1 Å². The third-order valence-corrected chi connectivity index (χ3v) is 6.54. The van der Waals surface area contributed by atoms with E-state index in [0.29, 0.717) is 11.5 Å². The van der Waals surface area contributed by atoms with E-state index in [9.17, 15) is 17.6 Å². The SMILES string of the molecule is Cc1cc(C)c(=O)n([C@@H](CNS(C)(=O)=O)COC2CCC(c3cccc(F)c3)CC2)c1. The number of ether oxygens (including phenoxy) is 1. The third-order valence-electron chi connectivity index (χ3n) is 5.85. The molecule has 1 fully saturated rings. The maximum absolute atomic E-state index is 13.5. The first-order valence-corrected chi connectivity index (χ1v) is 12.5. The molecule has 2 aromatic rings. The van der Waals surface area contributed by atoms with Gasteiger partial charge in [-0.25, -0.2) is 17.5 Å². The molecule has 0 bridgehead atoms. The van der Waals surface area contributed by atoms with Crippen molar-refractivity contribution in [2.24, 2.45) is 0 Å². The van der Waals surface area contributed by atoms with Gasteiger partial charge in [0, 0.05) is 18.3 Å². The Morgan fingerprint density at radius 3 is 2.55 bits per heavy atom. The molecule has 8 heteroatoms. The maximum Gasteiger partial charge on any atom is 0.253 e. The van der Waals surface area contributed by atoms with Crippen LogP contribution >= 0.6 is 0 Å². The minimum Gasteiger partial charge on any atom is -0.376 e.